The van der Waals surface area contributed by atoms with E-state index in [0.29, 0.717) is 5.56 Å². The molecule has 0 atom stereocenters. The number of hydrogen-bond acceptors (Lipinski definition) is 3. The molecule has 1 aromatic rings. The second kappa shape index (κ2) is 4.02. The zero-order valence-electron chi connectivity index (χ0n) is 8.52. The van der Waals surface area contributed by atoms with Crippen LogP contribution in [0.1, 0.15) is 22.8 Å². The fourth-order valence-electron chi connectivity index (χ4n) is 1.24. The van der Waals surface area contributed by atoms with Gasteiger partial charge in [0.05, 0.1) is 16.2 Å². The molecule has 0 bridgehead atoms. The molecule has 0 aliphatic carbocycles. The summed E-state index contributed by atoms with van der Waals surface area (Å²) in [6.07, 6.45) is 0. The van der Waals surface area contributed by atoms with E-state index in [1.54, 1.807) is 13.8 Å². The van der Waals surface area contributed by atoms with Crippen molar-refractivity contribution >= 4 is 15.8 Å². The van der Waals surface area contributed by atoms with E-state index in [-0.39, 0.29) is 16.2 Å². The van der Waals surface area contributed by atoms with E-state index in [9.17, 15) is 13.2 Å². The van der Waals surface area contributed by atoms with E-state index in [2.05, 4.69) is 0 Å². The molecule has 0 heterocycles. The van der Waals surface area contributed by atoms with Crippen LogP contribution in [0.2, 0.25) is 0 Å². The van der Waals surface area contributed by atoms with E-state index < -0.39 is 15.8 Å². The van der Waals surface area contributed by atoms with Crippen LogP contribution in [0.3, 0.4) is 0 Å². The van der Waals surface area contributed by atoms with Crippen LogP contribution >= 0.6 is 0 Å². The molecule has 0 saturated heterocycles. The van der Waals surface area contributed by atoms with Crippen LogP contribution in [0, 0.1) is 6.92 Å². The summed E-state index contributed by atoms with van der Waals surface area (Å²) in [5.74, 6) is -1.04. The Kier molecular flexibility index (Phi) is 3.14. The van der Waals surface area contributed by atoms with Crippen LogP contribution in [0.15, 0.2) is 23.1 Å². The van der Waals surface area contributed by atoms with Gasteiger partial charge in [-0.15, -0.1) is 0 Å². The highest BCUT2D eigenvalue weighted by Crippen LogP contribution is 2.16. The molecule has 0 aliphatic rings. The topological polar surface area (TPSA) is 71.4 Å². The fraction of sp³-hybridized carbons (Fsp3) is 0.300. The molecule has 0 fully saturated rings. The van der Waals surface area contributed by atoms with Gasteiger partial charge in [0.2, 0.25) is 0 Å². The van der Waals surface area contributed by atoms with Gasteiger partial charge < -0.3 is 5.11 Å². The van der Waals surface area contributed by atoms with Crippen molar-refractivity contribution < 1.29 is 18.3 Å². The molecule has 0 unspecified atom stereocenters. The highest BCUT2D eigenvalue weighted by molar-refractivity contribution is 7.91. The maximum atomic E-state index is 11.5. The van der Waals surface area contributed by atoms with Crippen molar-refractivity contribution in [3.8, 4) is 0 Å². The maximum absolute atomic E-state index is 11.5. The van der Waals surface area contributed by atoms with Crippen molar-refractivity contribution in [3.05, 3.63) is 29.3 Å². The maximum Gasteiger partial charge on any atom is 0.335 e. The van der Waals surface area contributed by atoms with Gasteiger partial charge in [-0.25, -0.2) is 13.2 Å². The summed E-state index contributed by atoms with van der Waals surface area (Å²) < 4.78 is 23.0. The third kappa shape index (κ3) is 2.36. The van der Waals surface area contributed by atoms with E-state index in [0.717, 1.165) is 0 Å². The summed E-state index contributed by atoms with van der Waals surface area (Å²) in [4.78, 5) is 10.9. The number of hydrogen-bond donors (Lipinski definition) is 1. The fourth-order valence-corrected chi connectivity index (χ4v) is 2.20. The molecule has 0 aromatic heterocycles. The first-order chi connectivity index (χ1) is 6.88. The molecular weight excluding hydrogens is 216 g/mol. The third-order valence-corrected chi connectivity index (χ3v) is 3.90. The Hall–Kier alpha value is -1.36. The largest absolute Gasteiger partial charge is 0.478 e. The summed E-state index contributed by atoms with van der Waals surface area (Å²) in [6, 6.07) is 4.04. The van der Waals surface area contributed by atoms with E-state index >= 15 is 0 Å². The minimum atomic E-state index is -3.26. The second-order valence-corrected chi connectivity index (χ2v) is 5.46. The van der Waals surface area contributed by atoms with Crippen molar-refractivity contribution in [1.29, 1.82) is 0 Å². The smallest absolute Gasteiger partial charge is 0.335 e. The minimum Gasteiger partial charge on any atom is -0.478 e. The number of carboxylic acids is 1. The molecule has 0 saturated carbocycles. The Morgan fingerprint density at radius 1 is 1.40 bits per heavy atom. The average Bonchev–Trinajstić information content (AvgIpc) is 2.17. The predicted octanol–water partition coefficient (Wildman–Crippen LogP) is 1.49. The van der Waals surface area contributed by atoms with Gasteiger partial charge >= 0.3 is 5.97 Å². The number of aromatic carboxylic acids is 1. The minimum absolute atomic E-state index is 0.0128. The number of carbonyl (C=O) groups is 1. The number of carboxylic acid groups (broad SMARTS) is 1. The third-order valence-electron chi connectivity index (χ3n) is 2.17. The average molecular weight is 228 g/mol. The first kappa shape index (κ1) is 11.7. The first-order valence-corrected chi connectivity index (χ1v) is 6.10. The molecule has 0 aliphatic heterocycles. The van der Waals surface area contributed by atoms with Crippen LogP contribution in [-0.2, 0) is 9.84 Å². The molecule has 0 radical (unpaired) electrons. The zero-order valence-corrected chi connectivity index (χ0v) is 9.34. The lowest BCUT2D eigenvalue weighted by Gasteiger charge is -2.04. The van der Waals surface area contributed by atoms with Crippen LogP contribution in [0.4, 0.5) is 0 Å². The number of rotatable bonds is 3. The van der Waals surface area contributed by atoms with Gasteiger partial charge in [0, 0.05) is 0 Å². The Bertz CT molecular complexity index is 488. The Morgan fingerprint density at radius 2 is 2.00 bits per heavy atom. The van der Waals surface area contributed by atoms with Crippen LogP contribution in [0.5, 0.6) is 0 Å². The lowest BCUT2D eigenvalue weighted by molar-refractivity contribution is 0.0696. The molecule has 82 valence electrons. The number of sulfone groups is 1. The highest BCUT2D eigenvalue weighted by atomic mass is 32.2. The number of benzene rings is 1. The van der Waals surface area contributed by atoms with Gasteiger partial charge in [0.25, 0.3) is 0 Å². The van der Waals surface area contributed by atoms with E-state index in [4.69, 9.17) is 5.11 Å². The highest BCUT2D eigenvalue weighted by Gasteiger charge is 2.14. The van der Waals surface area contributed by atoms with Crippen molar-refractivity contribution in [2.75, 3.05) is 5.75 Å². The van der Waals surface area contributed by atoms with Crippen LogP contribution in [-0.4, -0.2) is 25.2 Å². The summed E-state index contributed by atoms with van der Waals surface area (Å²) in [5.41, 5.74) is 0.585. The van der Waals surface area contributed by atoms with Gasteiger partial charge in [-0.2, -0.15) is 0 Å². The van der Waals surface area contributed by atoms with Crippen LogP contribution in [0.25, 0.3) is 0 Å². The second-order valence-electron chi connectivity index (χ2n) is 3.19. The summed E-state index contributed by atoms with van der Waals surface area (Å²) in [5, 5.41) is 8.77. The molecule has 15 heavy (non-hydrogen) atoms. The van der Waals surface area contributed by atoms with Gasteiger partial charge in [0.15, 0.2) is 9.84 Å². The predicted molar refractivity (Wildman–Crippen MR) is 55.9 cm³/mol. The molecule has 0 amide bonds. The van der Waals surface area contributed by atoms with Crippen molar-refractivity contribution in [1.82, 2.24) is 0 Å². The van der Waals surface area contributed by atoms with E-state index in [1.807, 2.05) is 0 Å². The Labute approximate surface area is 88.5 Å². The standard InChI is InChI=1S/C10H12O4S/c1-3-15(13,14)8-4-5-9(10(11)12)7(2)6-8/h4-6H,3H2,1-2H3,(H,11,12). The number of aryl methyl sites for hydroxylation is 1. The zero-order chi connectivity index (χ0) is 11.6. The molecule has 1 N–H and O–H groups in total. The van der Waals surface area contributed by atoms with Gasteiger partial charge in [0.1, 0.15) is 0 Å². The Balaban J connectivity index is 3.30. The molecule has 0 spiro atoms. The lowest BCUT2D eigenvalue weighted by atomic mass is 10.1. The van der Waals surface area contributed by atoms with E-state index in [1.165, 1.54) is 18.2 Å². The monoisotopic (exact) mass is 228 g/mol. The van der Waals surface area contributed by atoms with Gasteiger partial charge in [-0.05, 0) is 30.7 Å². The molecule has 5 heteroatoms. The van der Waals surface area contributed by atoms with Gasteiger partial charge in [-0.1, -0.05) is 6.92 Å². The first-order valence-electron chi connectivity index (χ1n) is 4.45. The lowest BCUT2D eigenvalue weighted by Crippen LogP contribution is -2.06. The SMILES string of the molecule is CCS(=O)(=O)c1ccc(C(=O)O)c(C)c1. The normalized spacial score (nSPS) is 11.3. The molecule has 1 rings (SSSR count). The van der Waals surface area contributed by atoms with Crippen molar-refractivity contribution in [2.45, 2.75) is 18.7 Å². The summed E-state index contributed by atoms with van der Waals surface area (Å²) >= 11 is 0. The molecule has 1 aromatic carbocycles. The summed E-state index contributed by atoms with van der Waals surface area (Å²) in [7, 11) is -3.26. The van der Waals surface area contributed by atoms with Crippen molar-refractivity contribution in [2.24, 2.45) is 0 Å². The molecular formula is C10H12O4S. The Morgan fingerprint density at radius 3 is 2.40 bits per heavy atom. The summed E-state index contributed by atoms with van der Waals surface area (Å²) in [6.45, 7) is 3.13. The van der Waals surface area contributed by atoms with Gasteiger partial charge in [-0.3, -0.25) is 0 Å². The van der Waals surface area contributed by atoms with Crippen LogP contribution < -0.4 is 0 Å². The molecule has 4 nitrogen and oxygen atoms in total. The quantitative estimate of drug-likeness (QED) is 0.850. The van der Waals surface area contributed by atoms with Crippen molar-refractivity contribution in [3.63, 3.8) is 0 Å².